The summed E-state index contributed by atoms with van der Waals surface area (Å²) in [7, 11) is -4.59. The largest absolute Gasteiger partial charge is 0.456 e. The first-order chi connectivity index (χ1) is 13.9. The average molecular weight is 509 g/mol. The topological polar surface area (TPSA) is 82.0 Å². The molecule has 3 N–H and O–H groups in total. The van der Waals surface area contributed by atoms with Gasteiger partial charge in [-0.3, -0.25) is 4.79 Å². The van der Waals surface area contributed by atoms with Gasteiger partial charge < -0.3 is 23.9 Å². The van der Waals surface area contributed by atoms with Crippen molar-refractivity contribution in [2.24, 2.45) is 0 Å². The standard InChI is InChI=1S/C21H52N2O4Si4/c1-23(2)17-13-11-10-12-15-21(24)22-16-14-18-31(19-29(6,7)25,20-30(8,9)26)27-28(3,4)5/h25-26H,10-20H2,1-9H3,(H,22,24). The molecule has 0 aliphatic heterocycles. The van der Waals surface area contributed by atoms with E-state index in [2.05, 4.69) is 44.0 Å². The molecule has 0 aromatic rings. The normalized spacial score (nSPS) is 13.7. The van der Waals surface area contributed by atoms with Gasteiger partial charge >= 0.3 is 0 Å². The van der Waals surface area contributed by atoms with Gasteiger partial charge in [-0.15, -0.1) is 0 Å². The zero-order valence-corrected chi connectivity index (χ0v) is 25.9. The molecule has 0 radical (unpaired) electrons. The summed E-state index contributed by atoms with van der Waals surface area (Å²) < 4.78 is 6.81. The summed E-state index contributed by atoms with van der Waals surface area (Å²) >= 11 is 0. The average Bonchev–Trinajstić information content (AvgIpc) is 2.49. The van der Waals surface area contributed by atoms with E-state index in [4.69, 9.17) is 4.12 Å². The molecule has 0 aromatic carbocycles. The number of carbonyl (C=O) groups excluding carboxylic acids is 1. The van der Waals surface area contributed by atoms with Gasteiger partial charge in [0, 0.05) is 13.0 Å². The maximum Gasteiger partial charge on any atom is 0.219 e. The van der Waals surface area contributed by atoms with E-state index in [1.165, 1.54) is 12.8 Å². The molecule has 186 valence electrons. The van der Waals surface area contributed by atoms with Crippen LogP contribution in [0.4, 0.5) is 0 Å². The molecule has 31 heavy (non-hydrogen) atoms. The minimum atomic E-state index is -2.33. The van der Waals surface area contributed by atoms with E-state index in [0.717, 1.165) is 43.2 Å². The molecule has 0 saturated carbocycles. The van der Waals surface area contributed by atoms with Crippen LogP contribution in [-0.2, 0) is 8.91 Å². The number of nitrogens with one attached hydrogen (secondary N) is 1. The summed E-state index contributed by atoms with van der Waals surface area (Å²) in [4.78, 5) is 35.9. The highest BCUT2D eigenvalue weighted by Gasteiger charge is 2.46. The van der Waals surface area contributed by atoms with Gasteiger partial charge in [-0.1, -0.05) is 12.8 Å². The van der Waals surface area contributed by atoms with Gasteiger partial charge in [0.1, 0.15) is 0 Å². The van der Waals surface area contributed by atoms with Gasteiger partial charge in [0.15, 0.2) is 33.3 Å². The molecule has 6 nitrogen and oxygen atoms in total. The SMILES string of the molecule is CN(C)CCCCCCC(=O)NCCC[Si](C[Si](C)(C)O)(C[Si](C)(C)O)O[Si](C)(C)C. The van der Waals surface area contributed by atoms with Crippen LogP contribution in [-0.4, -0.2) is 80.9 Å². The van der Waals surface area contributed by atoms with E-state index in [9.17, 15) is 14.4 Å². The van der Waals surface area contributed by atoms with Crippen molar-refractivity contribution in [3.63, 3.8) is 0 Å². The molecule has 0 heterocycles. The molecule has 10 heteroatoms. The van der Waals surface area contributed by atoms with Crippen molar-refractivity contribution in [2.45, 2.75) is 102 Å². The Morgan fingerprint density at radius 3 is 1.81 bits per heavy atom. The number of unbranched alkanes of at least 4 members (excludes halogenated alkanes) is 3. The minimum Gasteiger partial charge on any atom is -0.456 e. The number of rotatable bonds is 17. The van der Waals surface area contributed by atoms with Crippen LogP contribution < -0.4 is 5.32 Å². The predicted molar refractivity (Wildman–Crippen MR) is 143 cm³/mol. The molecule has 1 amide bonds. The molecule has 0 unspecified atom stereocenters. The van der Waals surface area contributed by atoms with E-state index in [1.807, 2.05) is 26.2 Å². The lowest BCUT2D eigenvalue weighted by Gasteiger charge is -2.42. The lowest BCUT2D eigenvalue weighted by Crippen LogP contribution is -2.56. The Morgan fingerprint density at radius 1 is 0.839 bits per heavy atom. The van der Waals surface area contributed by atoms with Crippen molar-refractivity contribution in [2.75, 3.05) is 27.2 Å². The Kier molecular flexibility index (Phi) is 13.9. The summed E-state index contributed by atoms with van der Waals surface area (Å²) in [5.74, 6) is 0.139. The van der Waals surface area contributed by atoms with Crippen LogP contribution in [0.1, 0.15) is 38.5 Å². The van der Waals surface area contributed by atoms with E-state index >= 15 is 0 Å². The van der Waals surface area contributed by atoms with Crippen LogP contribution in [0.2, 0.25) is 63.2 Å². The first-order valence-electron chi connectivity index (χ1n) is 12.0. The highest BCUT2D eigenvalue weighted by molar-refractivity contribution is 7.00. The Bertz CT molecular complexity index is 474. The fraction of sp³-hybridized carbons (Fsp3) is 0.952. The molecular weight excluding hydrogens is 457 g/mol. The second-order valence-electron chi connectivity index (χ2n) is 11.8. The van der Waals surface area contributed by atoms with Gasteiger partial charge in [-0.25, -0.2) is 0 Å². The molecule has 0 atom stereocenters. The van der Waals surface area contributed by atoms with Crippen LogP contribution in [0.5, 0.6) is 0 Å². The van der Waals surface area contributed by atoms with Crippen molar-refractivity contribution in [3.8, 4) is 0 Å². The van der Waals surface area contributed by atoms with E-state index in [1.54, 1.807) is 0 Å². The van der Waals surface area contributed by atoms with E-state index in [-0.39, 0.29) is 5.91 Å². The van der Waals surface area contributed by atoms with Crippen molar-refractivity contribution in [3.05, 3.63) is 0 Å². The van der Waals surface area contributed by atoms with Crippen LogP contribution in [0.15, 0.2) is 0 Å². The number of carbonyl (C=O) groups is 1. The van der Waals surface area contributed by atoms with Gasteiger partial charge in [-0.2, -0.15) is 0 Å². The first kappa shape index (κ1) is 31.2. The van der Waals surface area contributed by atoms with Crippen molar-refractivity contribution in [1.29, 1.82) is 0 Å². The fourth-order valence-electron chi connectivity index (χ4n) is 4.38. The second-order valence-corrected chi connectivity index (χ2v) is 29.8. The quantitative estimate of drug-likeness (QED) is 0.202. The maximum absolute atomic E-state index is 12.2. The molecule has 0 bridgehead atoms. The minimum absolute atomic E-state index is 0.139. The summed E-state index contributed by atoms with van der Waals surface area (Å²) in [5, 5.41) is 3.08. The molecule has 0 saturated heterocycles. The summed E-state index contributed by atoms with van der Waals surface area (Å²) in [6.07, 6.45) is 5.88. The van der Waals surface area contributed by atoms with Crippen LogP contribution in [0, 0.1) is 0 Å². The number of amides is 1. The molecule has 0 aliphatic carbocycles. The molecule has 0 aromatic heterocycles. The summed E-state index contributed by atoms with van der Waals surface area (Å²) in [5.41, 5.74) is 1.53. The summed E-state index contributed by atoms with van der Waals surface area (Å²) in [6.45, 7) is 16.3. The second kappa shape index (κ2) is 13.8. The third-order valence-corrected chi connectivity index (χ3v) is 22.4. The highest BCUT2D eigenvalue weighted by atomic mass is 28.5. The number of hydrogen-bond acceptors (Lipinski definition) is 5. The Labute approximate surface area is 196 Å². The molecule has 0 fully saturated rings. The van der Waals surface area contributed by atoms with Crippen molar-refractivity contribution < 1.29 is 18.5 Å². The molecular formula is C21H52N2O4Si4. The zero-order chi connectivity index (χ0) is 24.3. The molecule has 0 aliphatic rings. The Balaban J connectivity index is 4.69. The van der Waals surface area contributed by atoms with E-state index in [0.29, 0.717) is 13.0 Å². The zero-order valence-electron chi connectivity index (χ0n) is 21.9. The lowest BCUT2D eigenvalue weighted by molar-refractivity contribution is -0.121. The van der Waals surface area contributed by atoms with Crippen LogP contribution in [0.25, 0.3) is 0 Å². The van der Waals surface area contributed by atoms with Crippen molar-refractivity contribution >= 4 is 39.2 Å². The summed E-state index contributed by atoms with van der Waals surface area (Å²) in [6, 6.07) is 0.899. The van der Waals surface area contributed by atoms with Crippen LogP contribution in [0.3, 0.4) is 0 Å². The fourth-order valence-corrected chi connectivity index (χ4v) is 28.3. The maximum atomic E-state index is 12.2. The molecule has 0 rings (SSSR count). The highest BCUT2D eigenvalue weighted by Crippen LogP contribution is 2.34. The van der Waals surface area contributed by atoms with Gasteiger partial charge in [0.05, 0.1) is 0 Å². The number of hydrogen-bond donors (Lipinski definition) is 3. The molecule has 0 spiro atoms. The number of nitrogens with zero attached hydrogens (tertiary/aromatic N) is 1. The lowest BCUT2D eigenvalue weighted by atomic mass is 10.1. The first-order valence-corrected chi connectivity index (χ1v) is 24.2. The Hall–Kier alpha value is 0.178. The van der Waals surface area contributed by atoms with Crippen LogP contribution >= 0.6 is 0 Å². The third kappa shape index (κ3) is 19.4. The monoisotopic (exact) mass is 508 g/mol. The van der Waals surface area contributed by atoms with Gasteiger partial charge in [0.25, 0.3) is 0 Å². The van der Waals surface area contributed by atoms with E-state index < -0.39 is 33.3 Å². The third-order valence-electron chi connectivity index (χ3n) is 4.92. The van der Waals surface area contributed by atoms with Crippen molar-refractivity contribution in [1.82, 2.24) is 10.2 Å². The smallest absolute Gasteiger partial charge is 0.219 e. The van der Waals surface area contributed by atoms with Gasteiger partial charge in [-0.05, 0) is 103 Å². The van der Waals surface area contributed by atoms with Gasteiger partial charge in [0.2, 0.25) is 5.91 Å². The predicted octanol–water partition coefficient (Wildman–Crippen LogP) is 4.28. The Morgan fingerprint density at radius 2 is 1.35 bits per heavy atom.